The van der Waals surface area contributed by atoms with E-state index in [0.717, 1.165) is 6.42 Å². The Labute approximate surface area is 204 Å². The van der Waals surface area contributed by atoms with Crippen molar-refractivity contribution in [2.75, 3.05) is 31.7 Å². The largest absolute Gasteiger partial charge is 0.444 e. The lowest BCUT2D eigenvalue weighted by atomic mass is 9.88. The molecule has 3 fully saturated rings. The fraction of sp³-hybridized carbons (Fsp3) is 0.522. The number of carbonyl (C=O) groups is 1. The number of piperazine rings is 1. The topological polar surface area (TPSA) is 90.2 Å². The Morgan fingerprint density at radius 1 is 1.26 bits per heavy atom. The summed E-state index contributed by atoms with van der Waals surface area (Å²) in [6.45, 7) is 5.59. The number of thiazole rings is 1. The molecule has 3 aliphatic rings. The van der Waals surface area contributed by atoms with E-state index in [2.05, 4.69) is 14.7 Å². The Morgan fingerprint density at radius 3 is 2.63 bits per heavy atom. The highest BCUT2D eigenvalue weighted by atomic mass is 32.1. The normalized spacial score (nSPS) is 20.2. The molecule has 0 aliphatic carbocycles. The lowest BCUT2D eigenvalue weighted by molar-refractivity contribution is -0.205. The highest BCUT2D eigenvalue weighted by Gasteiger charge is 2.49. The molecule has 3 aliphatic heterocycles. The van der Waals surface area contributed by atoms with Crippen LogP contribution in [0.4, 0.5) is 19.6 Å². The van der Waals surface area contributed by atoms with Crippen LogP contribution in [-0.4, -0.2) is 71.6 Å². The van der Waals surface area contributed by atoms with Crippen LogP contribution in [0.3, 0.4) is 0 Å². The first-order valence-electron chi connectivity index (χ1n) is 11.2. The van der Waals surface area contributed by atoms with Crippen molar-refractivity contribution in [3.8, 4) is 16.3 Å². The van der Waals surface area contributed by atoms with Crippen molar-refractivity contribution in [3.05, 3.63) is 23.7 Å². The van der Waals surface area contributed by atoms with E-state index in [4.69, 9.17) is 13.9 Å². The van der Waals surface area contributed by atoms with Gasteiger partial charge in [-0.25, -0.2) is 9.78 Å². The van der Waals surface area contributed by atoms with Gasteiger partial charge in [-0.3, -0.25) is 4.90 Å². The lowest BCUT2D eigenvalue weighted by Crippen LogP contribution is -2.70. The number of fused-ring (bicyclic) bond motifs is 3. The van der Waals surface area contributed by atoms with E-state index in [1.54, 1.807) is 17.2 Å². The number of oxazole rings is 1. The van der Waals surface area contributed by atoms with Crippen molar-refractivity contribution in [3.63, 3.8) is 0 Å². The number of rotatable bonds is 6. The van der Waals surface area contributed by atoms with Crippen LogP contribution in [0.15, 0.2) is 28.1 Å². The van der Waals surface area contributed by atoms with Gasteiger partial charge >= 0.3 is 12.2 Å². The minimum atomic E-state index is -3.54. The molecular formula is C23H26F2N4O5S. The molecule has 5 heterocycles. The molecule has 2 aromatic heterocycles. The monoisotopic (exact) mass is 508 g/mol. The third-order valence-corrected chi connectivity index (χ3v) is 6.60. The number of amides is 1. The summed E-state index contributed by atoms with van der Waals surface area (Å²) in [5.41, 5.74) is 0.540. The summed E-state index contributed by atoms with van der Waals surface area (Å²) in [6, 6.07) is 3.26. The molecule has 1 aromatic carbocycles. The van der Waals surface area contributed by atoms with E-state index in [-0.39, 0.29) is 35.5 Å². The van der Waals surface area contributed by atoms with Crippen LogP contribution in [0, 0.1) is 0 Å². The van der Waals surface area contributed by atoms with Gasteiger partial charge in [-0.1, -0.05) is 0 Å². The Bertz CT molecular complexity index is 1210. The summed E-state index contributed by atoms with van der Waals surface area (Å²) in [6.07, 6.45) is -1.36. The number of hydrogen-bond donors (Lipinski definition) is 0. The second-order valence-corrected chi connectivity index (χ2v) is 10.5. The Hall–Kier alpha value is -2.99. The zero-order chi connectivity index (χ0) is 25.0. The van der Waals surface area contributed by atoms with Crippen molar-refractivity contribution in [1.29, 1.82) is 0 Å². The third-order valence-electron chi connectivity index (χ3n) is 5.80. The molecule has 2 unspecified atom stereocenters. The maximum atomic E-state index is 14.2. The Balaban J connectivity index is 1.44. The maximum absolute atomic E-state index is 14.2. The zero-order valence-electron chi connectivity index (χ0n) is 19.8. The molecule has 0 radical (unpaired) electrons. The number of carbonyl (C=O) groups excluding carboxylic acids is 1. The predicted molar refractivity (Wildman–Crippen MR) is 125 cm³/mol. The smallest absolute Gasteiger partial charge is 0.421 e. The van der Waals surface area contributed by atoms with E-state index in [9.17, 15) is 13.6 Å². The molecule has 3 aromatic rings. The molecule has 1 amide bonds. The molecule has 9 nitrogen and oxygen atoms in total. The number of methoxy groups -OCH3 is 1. The van der Waals surface area contributed by atoms with Gasteiger partial charge in [0.15, 0.2) is 16.8 Å². The molecule has 0 N–H and O–H groups in total. The highest BCUT2D eigenvalue weighted by molar-refractivity contribution is 7.13. The Morgan fingerprint density at radius 2 is 2.00 bits per heavy atom. The second-order valence-electron chi connectivity index (χ2n) is 9.63. The first kappa shape index (κ1) is 23.7. The summed E-state index contributed by atoms with van der Waals surface area (Å²) in [5, 5.41) is 2.49. The standard InChI is InChI=1S/C23H26F2N4O5S/c1-22(2,3)34-21(30)29-13-9-14(29)11-28(10-13)20-27-17-16(33-23(24,25)12-31-4)6-5-15(18(17)32-20)19-26-7-8-35-19/h5-8,13-14H,9-12H2,1-4H3. The molecule has 35 heavy (non-hydrogen) atoms. The quantitative estimate of drug-likeness (QED) is 0.471. The van der Waals surface area contributed by atoms with Crippen LogP contribution in [0.2, 0.25) is 0 Å². The molecular weight excluding hydrogens is 482 g/mol. The van der Waals surface area contributed by atoms with Crippen LogP contribution in [0.1, 0.15) is 27.2 Å². The van der Waals surface area contributed by atoms with Gasteiger partial charge < -0.3 is 23.5 Å². The van der Waals surface area contributed by atoms with E-state index in [1.165, 1.54) is 24.5 Å². The number of ether oxygens (including phenoxy) is 3. The number of piperidine rings is 1. The number of anilines is 1. The molecule has 0 spiro atoms. The fourth-order valence-electron chi connectivity index (χ4n) is 4.45. The van der Waals surface area contributed by atoms with Gasteiger partial charge in [-0.15, -0.1) is 11.3 Å². The molecule has 2 bridgehead atoms. The van der Waals surface area contributed by atoms with Crippen LogP contribution in [-0.2, 0) is 9.47 Å². The predicted octanol–water partition coefficient (Wildman–Crippen LogP) is 4.77. The number of aromatic nitrogens is 2. The fourth-order valence-corrected chi connectivity index (χ4v) is 5.11. The van der Waals surface area contributed by atoms with Gasteiger partial charge in [0.1, 0.15) is 17.2 Å². The van der Waals surface area contributed by atoms with Crippen molar-refractivity contribution in [2.45, 2.75) is 51.0 Å². The Kier molecular flexibility index (Phi) is 5.83. The molecule has 2 atom stereocenters. The van der Waals surface area contributed by atoms with Crippen molar-refractivity contribution >= 4 is 34.5 Å². The van der Waals surface area contributed by atoms with Crippen LogP contribution in [0.5, 0.6) is 5.75 Å². The van der Waals surface area contributed by atoms with Gasteiger partial charge in [-0.2, -0.15) is 13.8 Å². The SMILES string of the molecule is COCC(F)(F)Oc1ccc(-c2nccs2)c2oc(N3CC4CC(C3)N4C(=O)OC(C)(C)C)nc12. The minimum absolute atomic E-state index is 0.0428. The summed E-state index contributed by atoms with van der Waals surface area (Å²) < 4.78 is 49.6. The van der Waals surface area contributed by atoms with E-state index >= 15 is 0 Å². The van der Waals surface area contributed by atoms with Crippen LogP contribution >= 0.6 is 11.3 Å². The van der Waals surface area contributed by atoms with E-state index < -0.39 is 18.3 Å². The van der Waals surface area contributed by atoms with Crippen molar-refractivity contribution in [1.82, 2.24) is 14.9 Å². The molecule has 0 saturated carbocycles. The van der Waals surface area contributed by atoms with Crippen LogP contribution < -0.4 is 9.64 Å². The second kappa shape index (κ2) is 8.59. The number of halogens is 2. The van der Waals surface area contributed by atoms with Crippen molar-refractivity contribution in [2.24, 2.45) is 0 Å². The molecule has 6 rings (SSSR count). The van der Waals surface area contributed by atoms with Gasteiger partial charge in [0.25, 0.3) is 6.01 Å². The average Bonchev–Trinajstić information content (AvgIpc) is 3.43. The van der Waals surface area contributed by atoms with Gasteiger partial charge in [0.05, 0.1) is 17.6 Å². The highest BCUT2D eigenvalue weighted by Crippen LogP contribution is 2.41. The number of alkyl halides is 2. The first-order valence-corrected chi connectivity index (χ1v) is 12.1. The maximum Gasteiger partial charge on any atom is 0.421 e. The average molecular weight is 509 g/mol. The van der Waals surface area contributed by atoms with E-state index in [1.807, 2.05) is 31.1 Å². The van der Waals surface area contributed by atoms with Crippen LogP contribution in [0.25, 0.3) is 21.7 Å². The first-order chi connectivity index (χ1) is 16.5. The lowest BCUT2D eigenvalue weighted by Gasteiger charge is -2.55. The van der Waals surface area contributed by atoms with Gasteiger partial charge in [0.2, 0.25) is 0 Å². The molecule has 3 saturated heterocycles. The minimum Gasteiger partial charge on any atom is -0.444 e. The van der Waals surface area contributed by atoms with Gasteiger partial charge in [0, 0.05) is 31.8 Å². The number of hydrogen-bond acceptors (Lipinski definition) is 9. The third kappa shape index (κ3) is 4.64. The summed E-state index contributed by atoms with van der Waals surface area (Å²) >= 11 is 1.40. The van der Waals surface area contributed by atoms with Crippen molar-refractivity contribution < 1.29 is 32.2 Å². The zero-order valence-corrected chi connectivity index (χ0v) is 20.6. The number of benzene rings is 1. The summed E-state index contributed by atoms with van der Waals surface area (Å²) in [5.74, 6) is -0.116. The molecule has 188 valence electrons. The van der Waals surface area contributed by atoms with E-state index in [0.29, 0.717) is 29.2 Å². The summed E-state index contributed by atoms with van der Waals surface area (Å²) in [7, 11) is 1.18. The van der Waals surface area contributed by atoms with Gasteiger partial charge in [-0.05, 0) is 39.3 Å². The summed E-state index contributed by atoms with van der Waals surface area (Å²) in [4.78, 5) is 25.1. The molecule has 12 heteroatoms. The number of nitrogens with zero attached hydrogens (tertiary/aromatic N) is 4.